The van der Waals surface area contributed by atoms with Gasteiger partial charge < -0.3 is 0 Å². The van der Waals surface area contributed by atoms with E-state index in [1.807, 2.05) is 0 Å². The van der Waals surface area contributed by atoms with Gasteiger partial charge in [0.1, 0.15) is 0 Å². The highest BCUT2D eigenvalue weighted by Gasteiger charge is 2.52. The zero-order valence-corrected chi connectivity index (χ0v) is 14.2. The molecule has 0 amide bonds. The Balaban J connectivity index is 5.38. The molecule has 0 radical (unpaired) electrons. The van der Waals surface area contributed by atoms with Gasteiger partial charge in [0, 0.05) is 0 Å². The number of hydrogen-bond acceptors (Lipinski definition) is 0. The van der Waals surface area contributed by atoms with E-state index in [2.05, 4.69) is 73.9 Å². The third-order valence-corrected chi connectivity index (χ3v) is 7.74. The van der Waals surface area contributed by atoms with Gasteiger partial charge in [-0.15, -0.1) is 18.5 Å². The van der Waals surface area contributed by atoms with Gasteiger partial charge in [0.2, 0.25) is 0 Å². The highest BCUT2D eigenvalue weighted by molar-refractivity contribution is 7.20. The average molecular weight is 248 g/mol. The molecule has 0 N–H and O–H groups in total. The fourth-order valence-electron chi connectivity index (χ4n) is 1.97. The number of rotatable bonds is 3. The van der Waals surface area contributed by atoms with Crippen LogP contribution in [0.4, 0.5) is 0 Å². The quantitative estimate of drug-likeness (QED) is 0.633. The lowest BCUT2D eigenvalue weighted by atomic mass is 9.60. The van der Waals surface area contributed by atoms with Crippen LogP contribution >= 0.6 is 18.5 Å². The molecule has 4 atom stereocenters. The van der Waals surface area contributed by atoms with Crippen molar-refractivity contribution in [2.45, 2.75) is 72.1 Å². The summed E-state index contributed by atoms with van der Waals surface area (Å²) < 4.78 is 0. The minimum atomic E-state index is 0.215. The van der Waals surface area contributed by atoms with Crippen molar-refractivity contribution in [3.05, 3.63) is 0 Å². The summed E-state index contributed by atoms with van der Waals surface area (Å²) in [5, 5.41) is 0.489. The van der Waals surface area contributed by atoms with Gasteiger partial charge in [0.25, 0.3) is 0 Å². The maximum Gasteiger partial charge on any atom is -0.00707 e. The van der Waals surface area contributed by atoms with E-state index in [1.165, 1.54) is 6.42 Å². The van der Waals surface area contributed by atoms with Gasteiger partial charge in [0.15, 0.2) is 0 Å². The molecule has 4 unspecified atom stereocenters. The first-order chi connectivity index (χ1) is 6.31. The summed E-state index contributed by atoms with van der Waals surface area (Å²) in [6, 6.07) is 0. The molecule has 0 rings (SSSR count). The molecular weight excluding hydrogens is 218 g/mol. The second kappa shape index (κ2) is 4.27. The van der Waals surface area contributed by atoms with Gasteiger partial charge in [-0.3, -0.25) is 0 Å². The Kier molecular flexibility index (Phi) is 4.51. The first-order valence-corrected chi connectivity index (χ1v) is 7.04. The van der Waals surface area contributed by atoms with Crippen LogP contribution in [0.3, 0.4) is 0 Å². The first kappa shape index (κ1) is 15.9. The second-order valence-corrected chi connectivity index (χ2v) is 9.28. The van der Waals surface area contributed by atoms with Crippen molar-refractivity contribution in [3.8, 4) is 0 Å². The SMILES string of the molecule is CCC(C)(P)C(C)(C)C(C)(P)C(C)(C)C. The van der Waals surface area contributed by atoms with Crippen LogP contribution in [0.15, 0.2) is 0 Å². The standard InChI is InChI=1S/C13H30P2/c1-9-12(7,14)11(5,6)13(8,15)10(2,3)4/h9,14-15H2,1-8H3. The lowest BCUT2D eigenvalue weighted by Crippen LogP contribution is -2.55. The predicted octanol–water partition coefficient (Wildman–Crippen LogP) is 4.74. The Hall–Kier alpha value is 0.860. The molecule has 0 aliphatic heterocycles. The molecule has 0 aliphatic rings. The van der Waals surface area contributed by atoms with Gasteiger partial charge in [0.05, 0.1) is 0 Å². The summed E-state index contributed by atoms with van der Waals surface area (Å²) in [7, 11) is 6.18. The topological polar surface area (TPSA) is 0 Å². The van der Waals surface area contributed by atoms with Gasteiger partial charge in [-0.05, 0) is 27.6 Å². The highest BCUT2D eigenvalue weighted by Crippen LogP contribution is 2.58. The molecule has 92 valence electrons. The molecule has 0 saturated heterocycles. The molecule has 0 nitrogen and oxygen atoms in total. The van der Waals surface area contributed by atoms with Crippen molar-refractivity contribution in [2.24, 2.45) is 10.8 Å². The molecular formula is C13H30P2. The van der Waals surface area contributed by atoms with E-state index < -0.39 is 0 Å². The van der Waals surface area contributed by atoms with Gasteiger partial charge in [-0.1, -0.05) is 55.4 Å². The van der Waals surface area contributed by atoms with Crippen molar-refractivity contribution in [1.82, 2.24) is 0 Å². The third kappa shape index (κ3) is 2.58. The average Bonchev–Trinajstić information content (AvgIpc) is 2.01. The molecule has 2 heteroatoms. The third-order valence-electron chi connectivity index (χ3n) is 5.02. The van der Waals surface area contributed by atoms with E-state index in [-0.39, 0.29) is 21.1 Å². The molecule has 0 heterocycles. The van der Waals surface area contributed by atoms with Crippen LogP contribution in [0.25, 0.3) is 0 Å². The predicted molar refractivity (Wildman–Crippen MR) is 79.8 cm³/mol. The normalized spacial score (nSPS) is 22.0. The maximum atomic E-state index is 3.11. The molecule has 0 aliphatic carbocycles. The lowest BCUT2D eigenvalue weighted by molar-refractivity contribution is 0.0987. The van der Waals surface area contributed by atoms with Crippen LogP contribution in [0.2, 0.25) is 0 Å². The van der Waals surface area contributed by atoms with Crippen molar-refractivity contribution < 1.29 is 0 Å². The highest BCUT2D eigenvalue weighted by atomic mass is 31.0. The summed E-state index contributed by atoms with van der Waals surface area (Å²) in [5.74, 6) is 0. The Morgan fingerprint density at radius 2 is 1.13 bits per heavy atom. The lowest BCUT2D eigenvalue weighted by Gasteiger charge is -2.57. The number of hydrogen-bond donors (Lipinski definition) is 0. The fraction of sp³-hybridized carbons (Fsp3) is 1.00. The zero-order valence-electron chi connectivity index (χ0n) is 11.9. The van der Waals surface area contributed by atoms with Gasteiger partial charge in [-0.2, -0.15) is 0 Å². The second-order valence-electron chi connectivity index (χ2n) is 6.85. The van der Waals surface area contributed by atoms with Crippen molar-refractivity contribution in [3.63, 3.8) is 0 Å². The molecule has 0 saturated carbocycles. The van der Waals surface area contributed by atoms with Crippen LogP contribution in [0.5, 0.6) is 0 Å². The van der Waals surface area contributed by atoms with E-state index in [1.54, 1.807) is 0 Å². The van der Waals surface area contributed by atoms with E-state index in [0.717, 1.165) is 0 Å². The van der Waals surface area contributed by atoms with Crippen molar-refractivity contribution in [1.29, 1.82) is 0 Å². The van der Waals surface area contributed by atoms with Crippen molar-refractivity contribution >= 4 is 18.5 Å². The molecule has 15 heavy (non-hydrogen) atoms. The van der Waals surface area contributed by atoms with Crippen LogP contribution in [-0.4, -0.2) is 10.3 Å². The summed E-state index contributed by atoms with van der Waals surface area (Å²) in [6.07, 6.45) is 1.19. The molecule has 0 aromatic carbocycles. The summed E-state index contributed by atoms with van der Waals surface area (Å²) in [4.78, 5) is 0. The molecule has 0 spiro atoms. The Labute approximate surface area is 102 Å². The Morgan fingerprint density at radius 1 is 0.800 bits per heavy atom. The summed E-state index contributed by atoms with van der Waals surface area (Å²) >= 11 is 0. The molecule has 0 bridgehead atoms. The molecule has 0 fully saturated rings. The van der Waals surface area contributed by atoms with Crippen LogP contribution in [0.1, 0.15) is 61.8 Å². The maximum absolute atomic E-state index is 3.11. The van der Waals surface area contributed by atoms with E-state index in [0.29, 0.717) is 0 Å². The zero-order chi connectivity index (χ0) is 12.7. The van der Waals surface area contributed by atoms with Crippen LogP contribution in [0, 0.1) is 10.8 Å². The molecule has 0 aromatic rings. The smallest absolute Gasteiger partial charge is 0.00707 e. The monoisotopic (exact) mass is 248 g/mol. The van der Waals surface area contributed by atoms with Crippen LogP contribution < -0.4 is 0 Å². The van der Waals surface area contributed by atoms with Crippen LogP contribution in [-0.2, 0) is 0 Å². The Bertz CT molecular complexity index is 219. The summed E-state index contributed by atoms with van der Waals surface area (Å²) in [5.41, 5.74) is 0.538. The largest absolute Gasteiger partial charge is 0.131 e. The van der Waals surface area contributed by atoms with Gasteiger partial charge in [-0.25, -0.2) is 0 Å². The molecule has 0 aromatic heterocycles. The van der Waals surface area contributed by atoms with E-state index >= 15 is 0 Å². The fourth-order valence-corrected chi connectivity index (χ4v) is 2.77. The minimum absolute atomic E-state index is 0.215. The first-order valence-electron chi connectivity index (χ1n) is 5.89. The van der Waals surface area contributed by atoms with Crippen molar-refractivity contribution in [2.75, 3.05) is 0 Å². The van der Waals surface area contributed by atoms with Gasteiger partial charge >= 0.3 is 0 Å². The minimum Gasteiger partial charge on any atom is -0.131 e. The van der Waals surface area contributed by atoms with E-state index in [4.69, 9.17) is 0 Å². The Morgan fingerprint density at radius 3 is 1.33 bits per heavy atom. The summed E-state index contributed by atoms with van der Waals surface area (Å²) in [6.45, 7) is 18.8. The van der Waals surface area contributed by atoms with E-state index in [9.17, 15) is 0 Å².